The Kier molecular flexibility index (Phi) is 7.91. The Morgan fingerprint density at radius 3 is 2.56 bits per heavy atom. The van der Waals surface area contributed by atoms with Crippen LogP contribution in [0.2, 0.25) is 10.0 Å². The number of ketones is 1. The topological polar surface area (TPSA) is 89.7 Å². The fraction of sp³-hybridized carbons (Fsp3) is 0.467. The molecule has 3 aliphatic rings. The largest absolute Gasteiger partial charge is 0.373 e. The molecule has 2 aromatic carbocycles. The zero-order valence-corrected chi connectivity index (χ0v) is 24.9. The molecule has 1 saturated heterocycles. The lowest BCUT2D eigenvalue weighted by Crippen LogP contribution is -2.38. The molecule has 1 aliphatic heterocycles. The summed E-state index contributed by atoms with van der Waals surface area (Å²) in [5.74, 6) is 0.432. The molecule has 0 radical (unpaired) electrons. The second kappa shape index (κ2) is 11.3. The number of rotatable bonds is 11. The van der Waals surface area contributed by atoms with E-state index in [1.807, 2.05) is 0 Å². The molecule has 3 atom stereocenters. The number of fused-ring (bicyclic) bond motifs is 2. The van der Waals surface area contributed by atoms with Crippen molar-refractivity contribution in [2.45, 2.75) is 63.2 Å². The van der Waals surface area contributed by atoms with Crippen LogP contribution in [0.1, 0.15) is 66.1 Å². The number of ether oxygens (including phenoxy) is 1. The lowest BCUT2D eigenvalue weighted by Gasteiger charge is -2.33. The minimum atomic E-state index is -3.16. The van der Waals surface area contributed by atoms with Crippen LogP contribution in [0.3, 0.4) is 0 Å². The summed E-state index contributed by atoms with van der Waals surface area (Å²) in [4.78, 5) is 14.6. The van der Waals surface area contributed by atoms with Gasteiger partial charge in [-0.3, -0.25) is 4.79 Å². The second-order valence-corrected chi connectivity index (χ2v) is 14.5. The van der Waals surface area contributed by atoms with E-state index in [2.05, 4.69) is 10.1 Å². The summed E-state index contributed by atoms with van der Waals surface area (Å²) in [7, 11) is -3.16. The van der Waals surface area contributed by atoms with Gasteiger partial charge in [0.25, 0.3) is 0 Å². The van der Waals surface area contributed by atoms with Crippen LogP contribution in [-0.4, -0.2) is 50.1 Å². The summed E-state index contributed by atoms with van der Waals surface area (Å²) in [6.45, 7) is 1.09. The fourth-order valence-electron chi connectivity index (χ4n) is 6.20. The van der Waals surface area contributed by atoms with Gasteiger partial charge in [-0.05, 0) is 62.4 Å². The highest BCUT2D eigenvalue weighted by Gasteiger charge is 2.46. The lowest BCUT2D eigenvalue weighted by molar-refractivity contribution is 0.0122. The molecule has 0 unspecified atom stereocenters. The molecule has 218 valence electrons. The number of hydrogen-bond acceptors (Lipinski definition) is 7. The Balaban J connectivity index is 1.10. The normalized spacial score (nSPS) is 22.0. The summed E-state index contributed by atoms with van der Waals surface area (Å²) in [6, 6.07) is 10.3. The molecule has 0 N–H and O–H groups in total. The molecule has 2 aliphatic carbocycles. The average Bonchev–Trinajstić information content (AvgIpc) is 3.36. The van der Waals surface area contributed by atoms with Crippen molar-refractivity contribution in [1.29, 1.82) is 0 Å². The Hall–Kier alpha value is -2.46. The van der Waals surface area contributed by atoms with Crippen LogP contribution in [0.25, 0.3) is 11.3 Å². The van der Waals surface area contributed by atoms with Gasteiger partial charge in [-0.2, -0.15) is 0 Å². The Bertz CT molecular complexity index is 1570. The number of nitrogens with zero attached hydrogens (tertiary/aromatic N) is 2. The van der Waals surface area contributed by atoms with Gasteiger partial charge in [-0.15, -0.1) is 0 Å². The van der Waals surface area contributed by atoms with E-state index in [0.717, 1.165) is 55.5 Å². The third-order valence-electron chi connectivity index (χ3n) is 8.39. The van der Waals surface area contributed by atoms with E-state index in [9.17, 15) is 17.6 Å². The van der Waals surface area contributed by atoms with Crippen molar-refractivity contribution in [1.82, 2.24) is 5.16 Å². The van der Waals surface area contributed by atoms with Crippen LogP contribution in [0, 0.1) is 11.7 Å². The van der Waals surface area contributed by atoms with Crippen LogP contribution in [0.4, 0.5) is 10.1 Å². The predicted octanol–water partition coefficient (Wildman–Crippen LogP) is 6.86. The van der Waals surface area contributed by atoms with Crippen LogP contribution < -0.4 is 4.90 Å². The molecule has 3 aromatic rings. The van der Waals surface area contributed by atoms with E-state index in [4.69, 9.17) is 32.5 Å². The maximum Gasteiger partial charge on any atom is 0.165 e. The zero-order valence-electron chi connectivity index (χ0n) is 22.6. The van der Waals surface area contributed by atoms with Crippen molar-refractivity contribution >= 4 is 44.5 Å². The number of sulfone groups is 1. The number of carbonyl (C=O) groups is 1. The molecule has 1 aromatic heterocycles. The number of anilines is 1. The third kappa shape index (κ3) is 6.05. The van der Waals surface area contributed by atoms with Crippen molar-refractivity contribution in [3.63, 3.8) is 0 Å². The van der Waals surface area contributed by atoms with Gasteiger partial charge < -0.3 is 14.2 Å². The molecule has 6 rings (SSSR count). The minimum Gasteiger partial charge on any atom is -0.373 e. The first-order chi connectivity index (χ1) is 19.6. The standard InChI is InChI=1S/C30H31Cl2FN2O5S/c1-41(37,38)11-3-6-26(36)21-10-9-19(13-25(21)33)35-15-18-12-20(35)14-27(18)39-16-22-29(34-40-30(22)17-7-8-17)28-23(31)4-2-5-24(28)32/h2,4-5,9-10,13,17-18,20,27H,3,6-8,11-12,14-16H2,1H3/t18-,20-,27+/m0/s1. The van der Waals surface area contributed by atoms with E-state index < -0.39 is 15.7 Å². The van der Waals surface area contributed by atoms with Gasteiger partial charge >= 0.3 is 0 Å². The van der Waals surface area contributed by atoms with Crippen molar-refractivity contribution < 1.29 is 26.9 Å². The molecule has 11 heteroatoms. The predicted molar refractivity (Wildman–Crippen MR) is 156 cm³/mol. The van der Waals surface area contributed by atoms with Gasteiger partial charge in [-0.25, -0.2) is 12.8 Å². The van der Waals surface area contributed by atoms with Crippen LogP contribution in [0.5, 0.6) is 0 Å². The Morgan fingerprint density at radius 2 is 1.93 bits per heavy atom. The van der Waals surface area contributed by atoms with Gasteiger partial charge in [0.1, 0.15) is 27.1 Å². The van der Waals surface area contributed by atoms with Gasteiger partial charge in [0.2, 0.25) is 0 Å². The van der Waals surface area contributed by atoms with Crippen molar-refractivity contribution in [2.75, 3.05) is 23.5 Å². The summed E-state index contributed by atoms with van der Waals surface area (Å²) < 4.78 is 49.8. The van der Waals surface area contributed by atoms with E-state index in [1.54, 1.807) is 24.3 Å². The number of benzene rings is 2. The molecule has 0 spiro atoms. The van der Waals surface area contributed by atoms with Crippen LogP contribution >= 0.6 is 23.2 Å². The van der Waals surface area contributed by atoms with Crippen molar-refractivity contribution in [2.24, 2.45) is 5.92 Å². The van der Waals surface area contributed by atoms with Crippen molar-refractivity contribution in [3.05, 3.63) is 69.1 Å². The third-order valence-corrected chi connectivity index (χ3v) is 10.0. The smallest absolute Gasteiger partial charge is 0.165 e. The number of aromatic nitrogens is 1. The maximum absolute atomic E-state index is 14.9. The number of hydrogen-bond donors (Lipinski definition) is 0. The monoisotopic (exact) mass is 620 g/mol. The fourth-order valence-corrected chi connectivity index (χ4v) is 7.45. The van der Waals surface area contributed by atoms with Gasteiger partial charge in [0, 0.05) is 53.9 Å². The molecule has 2 heterocycles. The average molecular weight is 622 g/mol. The molecule has 7 nitrogen and oxygen atoms in total. The Morgan fingerprint density at radius 1 is 1.17 bits per heavy atom. The first kappa shape index (κ1) is 28.6. The van der Waals surface area contributed by atoms with Gasteiger partial charge in [0.05, 0.1) is 34.1 Å². The van der Waals surface area contributed by atoms with Crippen molar-refractivity contribution in [3.8, 4) is 11.3 Å². The number of Topliss-reactive ketones (excluding diaryl/α,β-unsaturated/α-hetero) is 1. The Labute approximate surface area is 248 Å². The molecule has 41 heavy (non-hydrogen) atoms. The molecular weight excluding hydrogens is 590 g/mol. The number of carbonyl (C=O) groups excluding carboxylic acids is 1. The summed E-state index contributed by atoms with van der Waals surface area (Å²) >= 11 is 13.0. The van der Waals surface area contributed by atoms with Crippen LogP contribution in [0.15, 0.2) is 40.9 Å². The van der Waals surface area contributed by atoms with Gasteiger partial charge in [-0.1, -0.05) is 34.4 Å². The van der Waals surface area contributed by atoms with Crippen LogP contribution in [-0.2, 0) is 21.2 Å². The molecular formula is C30H31Cl2FN2O5S. The first-order valence-electron chi connectivity index (χ1n) is 13.9. The first-order valence-corrected chi connectivity index (χ1v) is 16.7. The minimum absolute atomic E-state index is 0.00225. The molecule has 2 bridgehead atoms. The SMILES string of the molecule is CS(=O)(=O)CCCC(=O)c1ccc(N2C[C@@H]3C[C@H]2C[C@H]3OCc2c(-c3c(Cl)cccc3Cl)noc2C2CC2)cc1F. The van der Waals surface area contributed by atoms with E-state index in [0.29, 0.717) is 33.8 Å². The highest BCUT2D eigenvalue weighted by Crippen LogP contribution is 2.47. The summed E-state index contributed by atoms with van der Waals surface area (Å²) in [5.41, 5.74) is 2.94. The second-order valence-electron chi connectivity index (χ2n) is 11.5. The summed E-state index contributed by atoms with van der Waals surface area (Å²) in [5, 5.41) is 5.38. The number of halogens is 3. The summed E-state index contributed by atoms with van der Waals surface area (Å²) in [6.07, 6.45) is 5.22. The van der Waals surface area contributed by atoms with Gasteiger partial charge in [0.15, 0.2) is 5.78 Å². The van der Waals surface area contributed by atoms with E-state index in [1.165, 1.54) is 12.1 Å². The highest BCUT2D eigenvalue weighted by atomic mass is 35.5. The molecule has 3 fully saturated rings. The molecule has 0 amide bonds. The zero-order chi connectivity index (χ0) is 28.9. The number of piperidine rings is 1. The lowest BCUT2D eigenvalue weighted by atomic mass is 10.0. The quantitative estimate of drug-likeness (QED) is 0.216. The van der Waals surface area contributed by atoms with E-state index in [-0.39, 0.29) is 48.0 Å². The highest BCUT2D eigenvalue weighted by molar-refractivity contribution is 7.90. The molecule has 2 saturated carbocycles. The maximum atomic E-state index is 14.9. The van der Waals surface area contributed by atoms with E-state index >= 15 is 0 Å².